The molecule has 2 unspecified atom stereocenters. The molecule has 8 nitrogen and oxygen atoms in total. The third-order valence-corrected chi connectivity index (χ3v) is 5.21. The van der Waals surface area contributed by atoms with Gasteiger partial charge in [-0.25, -0.2) is 14.4 Å². The SMILES string of the molecule is C=CC(=O)OC(C)(CC)CCOC(C)(CC)C(=O)c1ccc(C(=O)O)c(C(=O)O)c1. The number of hydrogen-bond acceptors (Lipinski definition) is 6. The highest BCUT2D eigenvalue weighted by Crippen LogP contribution is 2.26. The van der Waals surface area contributed by atoms with Crippen LogP contribution in [-0.4, -0.2) is 51.7 Å². The van der Waals surface area contributed by atoms with Gasteiger partial charge in [0.25, 0.3) is 0 Å². The standard InChI is InChI=1S/C22H28O8/c1-6-17(23)30-21(4,7-2)11-12-29-22(5,8-3)18(24)14-9-10-15(19(25)26)16(13-14)20(27)28/h6,9-10,13H,1,7-8,11-12H2,2-5H3,(H,25,26)(H,27,28). The summed E-state index contributed by atoms with van der Waals surface area (Å²) < 4.78 is 11.2. The highest BCUT2D eigenvalue weighted by Gasteiger charge is 2.35. The molecule has 1 aromatic rings. The minimum absolute atomic E-state index is 0.0399. The number of carboxylic acid groups (broad SMARTS) is 2. The Kier molecular flexibility index (Phi) is 8.48. The predicted molar refractivity (Wildman–Crippen MR) is 109 cm³/mol. The number of esters is 1. The van der Waals surface area contributed by atoms with Gasteiger partial charge in [-0.3, -0.25) is 4.79 Å². The summed E-state index contributed by atoms with van der Waals surface area (Å²) in [5, 5.41) is 18.4. The van der Waals surface area contributed by atoms with E-state index in [2.05, 4.69) is 6.58 Å². The van der Waals surface area contributed by atoms with Gasteiger partial charge in [0.2, 0.25) is 0 Å². The van der Waals surface area contributed by atoms with E-state index in [0.29, 0.717) is 19.3 Å². The molecule has 0 saturated carbocycles. The first-order valence-corrected chi connectivity index (χ1v) is 9.57. The number of aromatic carboxylic acids is 2. The summed E-state index contributed by atoms with van der Waals surface area (Å²) in [5.74, 6) is -3.85. The number of carboxylic acids is 2. The van der Waals surface area contributed by atoms with Gasteiger partial charge >= 0.3 is 17.9 Å². The van der Waals surface area contributed by atoms with E-state index in [4.69, 9.17) is 14.6 Å². The largest absolute Gasteiger partial charge is 0.478 e. The number of benzene rings is 1. The Morgan fingerprint density at radius 1 is 1.03 bits per heavy atom. The Morgan fingerprint density at radius 2 is 1.63 bits per heavy atom. The zero-order valence-corrected chi connectivity index (χ0v) is 17.7. The first-order valence-electron chi connectivity index (χ1n) is 9.57. The van der Waals surface area contributed by atoms with Gasteiger partial charge in [0, 0.05) is 18.1 Å². The zero-order valence-electron chi connectivity index (χ0n) is 17.7. The third-order valence-electron chi connectivity index (χ3n) is 5.21. The predicted octanol–water partition coefficient (Wildman–Crippen LogP) is 3.74. The molecule has 1 rings (SSSR count). The highest BCUT2D eigenvalue weighted by molar-refractivity contribution is 6.07. The summed E-state index contributed by atoms with van der Waals surface area (Å²) in [5.41, 5.74) is -2.89. The van der Waals surface area contributed by atoms with Crippen molar-refractivity contribution in [3.05, 3.63) is 47.5 Å². The van der Waals surface area contributed by atoms with Gasteiger partial charge in [0.15, 0.2) is 5.78 Å². The number of carbonyl (C=O) groups excluding carboxylic acids is 2. The summed E-state index contributed by atoms with van der Waals surface area (Å²) in [6.07, 6.45) is 2.25. The molecule has 8 heteroatoms. The molecule has 0 aliphatic carbocycles. The number of rotatable bonds is 12. The van der Waals surface area contributed by atoms with E-state index in [1.165, 1.54) is 6.07 Å². The van der Waals surface area contributed by atoms with Gasteiger partial charge in [-0.1, -0.05) is 26.5 Å². The van der Waals surface area contributed by atoms with E-state index < -0.39 is 46.0 Å². The Balaban J connectivity index is 3.04. The summed E-state index contributed by atoms with van der Waals surface area (Å²) in [6.45, 7) is 10.4. The second kappa shape index (κ2) is 10.2. The Morgan fingerprint density at radius 3 is 2.10 bits per heavy atom. The van der Waals surface area contributed by atoms with Crippen molar-refractivity contribution >= 4 is 23.7 Å². The van der Waals surface area contributed by atoms with Crippen LogP contribution in [0.15, 0.2) is 30.9 Å². The average molecular weight is 420 g/mol. The van der Waals surface area contributed by atoms with Crippen molar-refractivity contribution < 1.29 is 38.9 Å². The van der Waals surface area contributed by atoms with Gasteiger partial charge in [-0.05, 0) is 38.8 Å². The van der Waals surface area contributed by atoms with E-state index in [9.17, 15) is 24.3 Å². The summed E-state index contributed by atoms with van der Waals surface area (Å²) in [6, 6.07) is 3.42. The van der Waals surface area contributed by atoms with Crippen LogP contribution in [0.1, 0.15) is 78.0 Å². The molecule has 0 bridgehead atoms. The number of Topliss-reactive ketones (excluding diaryl/α,β-unsaturated/α-hetero) is 1. The maximum Gasteiger partial charge on any atom is 0.336 e. The van der Waals surface area contributed by atoms with Crippen LogP contribution in [0.2, 0.25) is 0 Å². The van der Waals surface area contributed by atoms with Crippen LogP contribution in [0.4, 0.5) is 0 Å². The summed E-state index contributed by atoms with van der Waals surface area (Å²) in [4.78, 5) is 47.2. The number of ether oxygens (including phenoxy) is 2. The van der Waals surface area contributed by atoms with Crippen molar-refractivity contribution in [2.75, 3.05) is 6.61 Å². The van der Waals surface area contributed by atoms with Crippen LogP contribution >= 0.6 is 0 Å². The lowest BCUT2D eigenvalue weighted by molar-refractivity contribution is -0.155. The summed E-state index contributed by atoms with van der Waals surface area (Å²) in [7, 11) is 0. The molecule has 0 aliphatic heterocycles. The Bertz CT molecular complexity index is 844. The molecule has 0 amide bonds. The fourth-order valence-electron chi connectivity index (χ4n) is 2.76. The van der Waals surface area contributed by atoms with Gasteiger partial charge in [-0.2, -0.15) is 0 Å². The topological polar surface area (TPSA) is 127 Å². The van der Waals surface area contributed by atoms with Crippen molar-refractivity contribution in [2.24, 2.45) is 0 Å². The van der Waals surface area contributed by atoms with E-state index in [0.717, 1.165) is 18.2 Å². The van der Waals surface area contributed by atoms with E-state index in [1.807, 2.05) is 6.92 Å². The summed E-state index contributed by atoms with van der Waals surface area (Å²) >= 11 is 0. The maximum absolute atomic E-state index is 13.0. The van der Waals surface area contributed by atoms with Crippen LogP contribution in [-0.2, 0) is 14.3 Å². The highest BCUT2D eigenvalue weighted by atomic mass is 16.6. The molecule has 0 aliphatic rings. The maximum atomic E-state index is 13.0. The van der Waals surface area contributed by atoms with Crippen molar-refractivity contribution in [3.8, 4) is 0 Å². The van der Waals surface area contributed by atoms with E-state index >= 15 is 0 Å². The molecule has 0 fully saturated rings. The Hall–Kier alpha value is -3.00. The fraction of sp³-hybridized carbons (Fsp3) is 0.455. The van der Waals surface area contributed by atoms with Crippen LogP contribution in [0.25, 0.3) is 0 Å². The number of hydrogen-bond donors (Lipinski definition) is 2. The van der Waals surface area contributed by atoms with Gasteiger partial charge in [0.05, 0.1) is 17.7 Å². The number of ketones is 1. The van der Waals surface area contributed by atoms with Crippen LogP contribution in [0.3, 0.4) is 0 Å². The molecule has 0 radical (unpaired) electrons. The molecular formula is C22H28O8. The molecule has 30 heavy (non-hydrogen) atoms. The minimum Gasteiger partial charge on any atom is -0.478 e. The second-order valence-electron chi connectivity index (χ2n) is 7.31. The monoisotopic (exact) mass is 420 g/mol. The van der Waals surface area contributed by atoms with Crippen molar-refractivity contribution in [3.63, 3.8) is 0 Å². The molecule has 2 N–H and O–H groups in total. The van der Waals surface area contributed by atoms with Crippen LogP contribution < -0.4 is 0 Å². The van der Waals surface area contributed by atoms with E-state index in [-0.39, 0.29) is 12.2 Å². The number of carbonyl (C=O) groups is 4. The van der Waals surface area contributed by atoms with Gasteiger partial charge < -0.3 is 19.7 Å². The molecular weight excluding hydrogens is 392 g/mol. The van der Waals surface area contributed by atoms with Crippen LogP contribution in [0, 0.1) is 0 Å². The van der Waals surface area contributed by atoms with Crippen LogP contribution in [0.5, 0.6) is 0 Å². The molecule has 2 atom stereocenters. The lowest BCUT2D eigenvalue weighted by Gasteiger charge is -2.32. The smallest absolute Gasteiger partial charge is 0.336 e. The zero-order chi connectivity index (χ0) is 23.1. The lowest BCUT2D eigenvalue weighted by atomic mass is 9.90. The molecule has 1 aromatic carbocycles. The normalized spacial score (nSPS) is 14.8. The van der Waals surface area contributed by atoms with Crippen molar-refractivity contribution in [1.29, 1.82) is 0 Å². The van der Waals surface area contributed by atoms with Crippen molar-refractivity contribution in [2.45, 2.75) is 58.2 Å². The third kappa shape index (κ3) is 6.00. The lowest BCUT2D eigenvalue weighted by Crippen LogP contribution is -2.40. The second-order valence-corrected chi connectivity index (χ2v) is 7.31. The first kappa shape index (κ1) is 25.0. The first-order chi connectivity index (χ1) is 13.9. The quantitative estimate of drug-likeness (QED) is 0.297. The minimum atomic E-state index is -1.44. The van der Waals surface area contributed by atoms with Crippen molar-refractivity contribution in [1.82, 2.24) is 0 Å². The van der Waals surface area contributed by atoms with Gasteiger partial charge in [0.1, 0.15) is 11.2 Å². The molecule has 164 valence electrons. The molecule has 0 heterocycles. The molecule has 0 spiro atoms. The molecule has 0 saturated heterocycles. The fourth-order valence-corrected chi connectivity index (χ4v) is 2.76. The van der Waals surface area contributed by atoms with E-state index in [1.54, 1.807) is 20.8 Å². The average Bonchev–Trinajstić information content (AvgIpc) is 2.72. The molecule has 0 aromatic heterocycles. The van der Waals surface area contributed by atoms with Gasteiger partial charge in [-0.15, -0.1) is 0 Å². The Labute approximate surface area is 175 Å².